The van der Waals surface area contributed by atoms with E-state index in [1.807, 2.05) is 0 Å². The number of carbonyl (C=O) groups excluding carboxylic acids is 3. The van der Waals surface area contributed by atoms with Gasteiger partial charge in [-0.2, -0.15) is 0 Å². The summed E-state index contributed by atoms with van der Waals surface area (Å²) >= 11 is 0. The molecule has 1 rings (SSSR count). The molecule has 0 spiro atoms. The van der Waals surface area contributed by atoms with Crippen LogP contribution in [0.2, 0.25) is 0 Å². The lowest BCUT2D eigenvalue weighted by molar-refractivity contribution is -0.139. The zero-order valence-corrected chi connectivity index (χ0v) is 10.4. The van der Waals surface area contributed by atoms with E-state index in [4.69, 9.17) is 5.73 Å². The minimum atomic E-state index is -0.724. The zero-order chi connectivity index (χ0) is 13.4. The Morgan fingerprint density at radius 2 is 1.56 bits per heavy atom. The molecule has 0 bridgehead atoms. The summed E-state index contributed by atoms with van der Waals surface area (Å²) in [6, 6.07) is 0. The van der Waals surface area contributed by atoms with Crippen molar-refractivity contribution in [2.45, 2.75) is 19.3 Å². The molecular formula is C11H20N4O3. The summed E-state index contributed by atoms with van der Waals surface area (Å²) in [6.07, 6.45) is 2.31. The smallest absolute Gasteiger partial charge is 0.309 e. The van der Waals surface area contributed by atoms with Gasteiger partial charge in [-0.3, -0.25) is 14.4 Å². The van der Waals surface area contributed by atoms with Crippen LogP contribution in [0, 0.1) is 0 Å². The summed E-state index contributed by atoms with van der Waals surface area (Å²) in [5.74, 6) is -1.41. The number of hydrogen-bond donors (Lipinski definition) is 3. The number of nitrogens with zero attached hydrogens (tertiary/aromatic N) is 1. The maximum Gasteiger partial charge on any atom is 0.309 e. The third kappa shape index (κ3) is 4.70. The van der Waals surface area contributed by atoms with Crippen LogP contribution >= 0.6 is 0 Å². The highest BCUT2D eigenvalue weighted by Gasteiger charge is 2.18. The van der Waals surface area contributed by atoms with Crippen LogP contribution in [0.15, 0.2) is 0 Å². The van der Waals surface area contributed by atoms with Gasteiger partial charge in [-0.25, -0.2) is 0 Å². The Bertz CT molecular complexity index is 313. The Balaban J connectivity index is 2.14. The van der Waals surface area contributed by atoms with Crippen molar-refractivity contribution in [3.8, 4) is 0 Å². The van der Waals surface area contributed by atoms with E-state index in [0.717, 1.165) is 25.9 Å². The largest absolute Gasteiger partial charge is 0.347 e. The van der Waals surface area contributed by atoms with Crippen molar-refractivity contribution in [3.63, 3.8) is 0 Å². The molecule has 1 aliphatic rings. The lowest BCUT2D eigenvalue weighted by Crippen LogP contribution is -2.42. The molecule has 1 saturated heterocycles. The van der Waals surface area contributed by atoms with Gasteiger partial charge in [-0.05, 0) is 12.8 Å². The average molecular weight is 256 g/mol. The number of rotatable bonds is 5. The fourth-order valence-electron chi connectivity index (χ4n) is 1.75. The fraction of sp³-hybridized carbons (Fsp3) is 0.727. The van der Waals surface area contributed by atoms with E-state index in [0.29, 0.717) is 0 Å². The minimum Gasteiger partial charge on any atom is -0.347 e. The Morgan fingerprint density at radius 3 is 2.11 bits per heavy atom. The number of amides is 3. The van der Waals surface area contributed by atoms with Crippen LogP contribution in [0.25, 0.3) is 0 Å². The average Bonchev–Trinajstić information content (AvgIpc) is 2.89. The Kier molecular flexibility index (Phi) is 6.13. The maximum absolute atomic E-state index is 11.6. The molecule has 1 fully saturated rings. The first-order chi connectivity index (χ1) is 8.65. The molecule has 0 aromatic heterocycles. The van der Waals surface area contributed by atoms with Crippen molar-refractivity contribution in [1.82, 2.24) is 15.5 Å². The van der Waals surface area contributed by atoms with E-state index in [1.54, 1.807) is 4.90 Å². The third-order valence-electron chi connectivity index (χ3n) is 2.72. The Hall–Kier alpha value is -1.63. The lowest BCUT2D eigenvalue weighted by Gasteiger charge is -2.15. The number of hydrogen-bond acceptors (Lipinski definition) is 4. The topological polar surface area (TPSA) is 105 Å². The molecule has 7 nitrogen and oxygen atoms in total. The van der Waals surface area contributed by atoms with E-state index in [9.17, 15) is 14.4 Å². The molecule has 1 aliphatic heterocycles. The highest BCUT2D eigenvalue weighted by molar-refractivity contribution is 6.35. The number of nitrogens with two attached hydrogens (primary N) is 1. The van der Waals surface area contributed by atoms with E-state index in [2.05, 4.69) is 10.6 Å². The van der Waals surface area contributed by atoms with E-state index >= 15 is 0 Å². The predicted octanol–water partition coefficient (Wildman–Crippen LogP) is -1.81. The Morgan fingerprint density at radius 1 is 1.00 bits per heavy atom. The summed E-state index contributed by atoms with van der Waals surface area (Å²) in [5, 5.41) is 4.76. The monoisotopic (exact) mass is 256 g/mol. The zero-order valence-electron chi connectivity index (χ0n) is 10.4. The van der Waals surface area contributed by atoms with Gasteiger partial charge in [0.25, 0.3) is 0 Å². The molecule has 0 atom stereocenters. The molecular weight excluding hydrogens is 236 g/mol. The first kappa shape index (κ1) is 14.4. The number of likely N-dealkylation sites (tertiary alicyclic amines) is 1. The van der Waals surface area contributed by atoms with E-state index < -0.39 is 11.8 Å². The number of carbonyl (C=O) groups is 3. The van der Waals surface area contributed by atoms with E-state index in [1.165, 1.54) is 0 Å². The van der Waals surface area contributed by atoms with Crippen LogP contribution in [0.1, 0.15) is 19.3 Å². The molecule has 18 heavy (non-hydrogen) atoms. The molecule has 0 aromatic carbocycles. The van der Waals surface area contributed by atoms with Crippen molar-refractivity contribution in [2.75, 3.05) is 32.7 Å². The molecule has 1 heterocycles. The second kappa shape index (κ2) is 7.65. The number of nitrogens with one attached hydrogen (secondary N) is 2. The van der Waals surface area contributed by atoms with Crippen molar-refractivity contribution in [3.05, 3.63) is 0 Å². The molecule has 7 heteroatoms. The summed E-state index contributed by atoms with van der Waals surface area (Å²) in [6.45, 7) is 2.32. The normalized spacial score (nSPS) is 14.4. The molecule has 0 aromatic rings. The van der Waals surface area contributed by atoms with Gasteiger partial charge >= 0.3 is 11.8 Å². The summed E-state index contributed by atoms with van der Waals surface area (Å²) < 4.78 is 0. The van der Waals surface area contributed by atoms with Gasteiger partial charge in [-0.1, -0.05) is 0 Å². The fourth-order valence-corrected chi connectivity index (χ4v) is 1.75. The van der Waals surface area contributed by atoms with Crippen LogP contribution in [0.3, 0.4) is 0 Å². The van der Waals surface area contributed by atoms with Crippen LogP contribution in [-0.4, -0.2) is 55.3 Å². The van der Waals surface area contributed by atoms with Gasteiger partial charge in [0, 0.05) is 39.1 Å². The van der Waals surface area contributed by atoms with Gasteiger partial charge in [-0.15, -0.1) is 0 Å². The second-order valence-corrected chi connectivity index (χ2v) is 4.14. The molecule has 0 unspecified atom stereocenters. The maximum atomic E-state index is 11.6. The predicted molar refractivity (Wildman–Crippen MR) is 65.5 cm³/mol. The molecule has 0 saturated carbocycles. The first-order valence-corrected chi connectivity index (χ1v) is 6.19. The highest BCUT2D eigenvalue weighted by Crippen LogP contribution is 2.08. The van der Waals surface area contributed by atoms with Crippen molar-refractivity contribution < 1.29 is 14.4 Å². The third-order valence-corrected chi connectivity index (χ3v) is 2.72. The molecule has 0 aliphatic carbocycles. The van der Waals surface area contributed by atoms with Gasteiger partial charge in [0.15, 0.2) is 0 Å². The minimum absolute atomic E-state index is 0.0233. The lowest BCUT2D eigenvalue weighted by atomic mass is 10.3. The van der Waals surface area contributed by atoms with Gasteiger partial charge in [0.2, 0.25) is 5.91 Å². The van der Waals surface area contributed by atoms with Crippen molar-refractivity contribution in [1.29, 1.82) is 0 Å². The van der Waals surface area contributed by atoms with E-state index in [-0.39, 0.29) is 32.0 Å². The van der Waals surface area contributed by atoms with Crippen molar-refractivity contribution >= 4 is 17.7 Å². The van der Waals surface area contributed by atoms with Crippen LogP contribution in [0.4, 0.5) is 0 Å². The summed E-state index contributed by atoms with van der Waals surface area (Å²) in [5.41, 5.74) is 5.19. The van der Waals surface area contributed by atoms with Crippen LogP contribution in [-0.2, 0) is 14.4 Å². The van der Waals surface area contributed by atoms with Crippen molar-refractivity contribution in [2.24, 2.45) is 5.73 Å². The van der Waals surface area contributed by atoms with Gasteiger partial charge in [0.05, 0.1) is 0 Å². The standard InChI is InChI=1S/C11H20N4O3/c12-4-6-14-11(18)10(17)13-5-3-9(16)15-7-1-2-8-15/h1-8,12H2,(H,13,17)(H,14,18). The Labute approximate surface area is 106 Å². The quantitative estimate of drug-likeness (QED) is 0.504. The molecule has 4 N–H and O–H groups in total. The summed E-state index contributed by atoms with van der Waals surface area (Å²) in [4.78, 5) is 35.8. The van der Waals surface area contributed by atoms with Crippen LogP contribution in [0.5, 0.6) is 0 Å². The molecule has 0 radical (unpaired) electrons. The SMILES string of the molecule is NCCNC(=O)C(=O)NCCC(=O)N1CCCC1. The molecule has 102 valence electrons. The highest BCUT2D eigenvalue weighted by atomic mass is 16.2. The van der Waals surface area contributed by atoms with Gasteiger partial charge in [0.1, 0.15) is 0 Å². The molecule has 3 amide bonds. The van der Waals surface area contributed by atoms with Crippen LogP contribution < -0.4 is 16.4 Å². The second-order valence-electron chi connectivity index (χ2n) is 4.14. The summed E-state index contributed by atoms with van der Waals surface area (Å²) in [7, 11) is 0. The first-order valence-electron chi connectivity index (χ1n) is 6.19. The van der Waals surface area contributed by atoms with Gasteiger partial charge < -0.3 is 21.3 Å².